The summed E-state index contributed by atoms with van der Waals surface area (Å²) in [5.41, 5.74) is 1.80. The number of aromatic hydroxyl groups is 1. The number of phenolic OH excluding ortho intramolecular Hbond substituents is 1. The number of H-pyrrole nitrogens is 1. The van der Waals surface area contributed by atoms with Gasteiger partial charge in [-0.3, -0.25) is 5.10 Å². The molecule has 2 aromatic heterocycles. The highest BCUT2D eigenvalue weighted by Crippen LogP contribution is 2.34. The number of aromatic amines is 1. The number of nitrogens with zero attached hydrogens (tertiary/aromatic N) is 6. The first kappa shape index (κ1) is 18.0. The van der Waals surface area contributed by atoms with E-state index in [1.807, 2.05) is 0 Å². The van der Waals surface area contributed by atoms with Crippen LogP contribution in [-0.2, 0) is 0 Å². The third kappa shape index (κ3) is 3.21. The number of piperidine rings is 1. The highest BCUT2D eigenvalue weighted by molar-refractivity contribution is 5.73. The minimum Gasteiger partial charge on any atom is -0.507 e. The smallest absolute Gasteiger partial charge is 0.245 e. The van der Waals surface area contributed by atoms with Crippen LogP contribution in [-0.4, -0.2) is 68.1 Å². The van der Waals surface area contributed by atoms with E-state index in [0.29, 0.717) is 40.3 Å². The van der Waals surface area contributed by atoms with E-state index in [9.17, 15) is 9.50 Å². The molecule has 0 spiro atoms. The van der Waals surface area contributed by atoms with Gasteiger partial charge in [-0.1, -0.05) is 6.07 Å². The van der Waals surface area contributed by atoms with Crippen molar-refractivity contribution in [2.45, 2.75) is 18.9 Å². The second-order valence-corrected chi connectivity index (χ2v) is 7.80. The maximum absolute atomic E-state index is 13.7. The zero-order valence-corrected chi connectivity index (χ0v) is 16.1. The number of phenols is 1. The Morgan fingerprint density at radius 3 is 2.79 bits per heavy atom. The van der Waals surface area contributed by atoms with Gasteiger partial charge in [-0.15, -0.1) is 15.3 Å². The number of halogens is 1. The lowest BCUT2D eigenvalue weighted by Gasteiger charge is -2.36. The van der Waals surface area contributed by atoms with Crippen molar-refractivity contribution in [2.24, 2.45) is 5.92 Å². The van der Waals surface area contributed by atoms with Crippen molar-refractivity contribution in [1.82, 2.24) is 30.3 Å². The number of likely N-dealkylation sites (tertiary alicyclic amines) is 1. The van der Waals surface area contributed by atoms with Gasteiger partial charge >= 0.3 is 0 Å². The third-order valence-electron chi connectivity index (χ3n) is 6.12. The van der Waals surface area contributed by atoms with E-state index in [0.717, 1.165) is 26.1 Å². The summed E-state index contributed by atoms with van der Waals surface area (Å²) in [6.45, 7) is 3.02. The van der Waals surface area contributed by atoms with Crippen molar-refractivity contribution in [3.8, 4) is 28.1 Å². The van der Waals surface area contributed by atoms with E-state index in [4.69, 9.17) is 0 Å². The fourth-order valence-electron chi connectivity index (χ4n) is 4.53. The number of nitrogens with one attached hydrogen (secondary N) is 1. The zero-order valence-electron chi connectivity index (χ0n) is 16.1. The van der Waals surface area contributed by atoms with Crippen LogP contribution in [0.2, 0.25) is 0 Å². The normalized spacial score (nSPS) is 22.1. The molecule has 0 unspecified atom stereocenters. The summed E-state index contributed by atoms with van der Waals surface area (Å²) in [6, 6.07) is 5.54. The van der Waals surface area contributed by atoms with Crippen LogP contribution in [0.15, 0.2) is 30.6 Å². The van der Waals surface area contributed by atoms with Gasteiger partial charge in [0.05, 0.1) is 11.8 Å². The van der Waals surface area contributed by atoms with Crippen molar-refractivity contribution in [1.29, 1.82) is 0 Å². The van der Waals surface area contributed by atoms with Crippen LogP contribution >= 0.6 is 0 Å². The molecule has 2 aliphatic heterocycles. The minimum absolute atomic E-state index is 0.0123. The lowest BCUT2D eigenvalue weighted by Crippen LogP contribution is -2.45. The number of benzene rings is 1. The summed E-state index contributed by atoms with van der Waals surface area (Å²) < 4.78 is 13.7. The zero-order chi connectivity index (χ0) is 20.0. The second kappa shape index (κ2) is 7.07. The number of fused-ring (bicyclic) bond motifs is 1. The maximum atomic E-state index is 13.7. The first-order valence-electron chi connectivity index (χ1n) is 9.78. The molecule has 4 heterocycles. The summed E-state index contributed by atoms with van der Waals surface area (Å²) in [7, 11) is 2.20. The quantitative estimate of drug-likeness (QED) is 0.703. The lowest BCUT2D eigenvalue weighted by atomic mass is 9.93. The Morgan fingerprint density at radius 2 is 2.07 bits per heavy atom. The molecule has 0 radical (unpaired) electrons. The number of aromatic nitrogens is 5. The molecule has 0 amide bonds. The molecule has 0 bridgehead atoms. The van der Waals surface area contributed by atoms with Gasteiger partial charge in [0, 0.05) is 30.9 Å². The minimum atomic E-state index is -0.611. The van der Waals surface area contributed by atoms with Gasteiger partial charge < -0.3 is 14.9 Å². The Bertz CT molecular complexity index is 1020. The molecular formula is C20H22FN7O. The highest BCUT2D eigenvalue weighted by Gasteiger charge is 2.37. The fourth-order valence-corrected chi connectivity index (χ4v) is 4.53. The van der Waals surface area contributed by atoms with E-state index >= 15 is 0 Å². The summed E-state index contributed by atoms with van der Waals surface area (Å²) >= 11 is 0. The van der Waals surface area contributed by atoms with E-state index in [2.05, 4.69) is 42.2 Å². The van der Waals surface area contributed by atoms with Crippen LogP contribution in [0.5, 0.6) is 5.75 Å². The van der Waals surface area contributed by atoms with Crippen LogP contribution in [0.4, 0.5) is 10.3 Å². The molecule has 2 saturated heterocycles. The van der Waals surface area contributed by atoms with Crippen LogP contribution in [0.3, 0.4) is 0 Å². The molecular weight excluding hydrogens is 373 g/mol. The fraction of sp³-hybridized carbons (Fsp3) is 0.400. The lowest BCUT2D eigenvalue weighted by molar-refractivity contribution is 0.238. The van der Waals surface area contributed by atoms with E-state index in [1.165, 1.54) is 18.7 Å². The Morgan fingerprint density at radius 1 is 1.17 bits per heavy atom. The number of hydrogen-bond acceptors (Lipinski definition) is 7. The molecule has 0 saturated carbocycles. The van der Waals surface area contributed by atoms with Gasteiger partial charge in [0.25, 0.3) is 0 Å². The van der Waals surface area contributed by atoms with E-state index in [-0.39, 0.29) is 5.75 Å². The van der Waals surface area contributed by atoms with Crippen LogP contribution in [0.25, 0.3) is 22.4 Å². The SMILES string of the molecule is CN1CC[C@H]2CN(c3ncc(-c4ccc(-c5c[nH]nc5F)cc4O)nn3)CC[C@H]21. The average Bonchev–Trinajstić information content (AvgIpc) is 3.33. The van der Waals surface area contributed by atoms with Gasteiger partial charge in [0.2, 0.25) is 11.9 Å². The molecule has 8 nitrogen and oxygen atoms in total. The molecule has 2 fully saturated rings. The maximum Gasteiger partial charge on any atom is 0.245 e. The molecule has 29 heavy (non-hydrogen) atoms. The van der Waals surface area contributed by atoms with Gasteiger partial charge in [-0.25, -0.2) is 4.98 Å². The average molecular weight is 395 g/mol. The molecule has 2 atom stereocenters. The molecule has 3 aromatic rings. The standard InChI is InChI=1S/C20H22FN7O/c1-27-6-4-13-11-28(7-5-17(13)27)20-22-10-16(24-26-20)14-3-2-12(8-18(14)29)15-9-23-25-19(15)21/h2-3,8-10,13,17,29H,4-7,11H2,1H3,(H,23,25)/t13-,17+/m0/s1. The van der Waals surface area contributed by atoms with Crippen molar-refractivity contribution >= 4 is 5.95 Å². The topological polar surface area (TPSA) is 94.1 Å². The monoisotopic (exact) mass is 395 g/mol. The molecule has 0 aliphatic carbocycles. The molecule has 9 heteroatoms. The van der Waals surface area contributed by atoms with Crippen LogP contribution in [0.1, 0.15) is 12.8 Å². The van der Waals surface area contributed by atoms with Crippen molar-refractivity contribution in [3.63, 3.8) is 0 Å². The predicted octanol–water partition coefficient (Wildman–Crippen LogP) is 2.30. The summed E-state index contributed by atoms with van der Waals surface area (Å²) in [4.78, 5) is 9.14. The van der Waals surface area contributed by atoms with Crippen molar-refractivity contribution < 1.29 is 9.50 Å². The highest BCUT2D eigenvalue weighted by atomic mass is 19.1. The molecule has 1 aromatic carbocycles. The Balaban J connectivity index is 1.35. The van der Waals surface area contributed by atoms with Gasteiger partial charge in [0.15, 0.2) is 0 Å². The van der Waals surface area contributed by atoms with E-state index < -0.39 is 5.95 Å². The number of anilines is 1. The van der Waals surface area contributed by atoms with Gasteiger partial charge in [-0.2, -0.15) is 4.39 Å². The van der Waals surface area contributed by atoms with Crippen LogP contribution < -0.4 is 4.90 Å². The summed E-state index contributed by atoms with van der Waals surface area (Å²) in [5.74, 6) is 0.650. The first-order valence-corrected chi connectivity index (χ1v) is 9.78. The number of rotatable bonds is 3. The third-order valence-corrected chi connectivity index (χ3v) is 6.12. The second-order valence-electron chi connectivity index (χ2n) is 7.80. The van der Waals surface area contributed by atoms with Crippen molar-refractivity contribution in [2.75, 3.05) is 31.6 Å². The molecule has 2 N–H and O–H groups in total. The van der Waals surface area contributed by atoms with Gasteiger partial charge in [0.1, 0.15) is 11.4 Å². The molecule has 150 valence electrons. The summed E-state index contributed by atoms with van der Waals surface area (Å²) in [5, 5.41) is 24.9. The van der Waals surface area contributed by atoms with Gasteiger partial charge in [-0.05, 0) is 50.0 Å². The van der Waals surface area contributed by atoms with E-state index in [1.54, 1.807) is 18.3 Å². The Labute approximate surface area is 167 Å². The largest absolute Gasteiger partial charge is 0.507 e. The van der Waals surface area contributed by atoms with Crippen molar-refractivity contribution in [3.05, 3.63) is 36.5 Å². The Kier molecular flexibility index (Phi) is 4.39. The Hall–Kier alpha value is -3.07. The summed E-state index contributed by atoms with van der Waals surface area (Å²) in [6.07, 6.45) is 5.40. The first-order chi connectivity index (χ1) is 14.1. The molecule has 5 rings (SSSR count). The number of hydrogen-bond donors (Lipinski definition) is 2. The van der Waals surface area contributed by atoms with Crippen LogP contribution in [0, 0.1) is 11.9 Å². The predicted molar refractivity (Wildman–Crippen MR) is 106 cm³/mol. The molecule has 2 aliphatic rings.